The normalized spacial score (nSPS) is 14.8. The van der Waals surface area contributed by atoms with Crippen LogP contribution in [0.15, 0.2) is 40.0 Å². The molecule has 0 amide bonds. The number of aromatic nitrogens is 3. The van der Waals surface area contributed by atoms with Crippen molar-refractivity contribution in [3.63, 3.8) is 0 Å². The van der Waals surface area contributed by atoms with Crippen molar-refractivity contribution in [3.8, 4) is 0 Å². The molecular formula is C19H26IN7S2. The molecule has 0 bridgehead atoms. The molecule has 156 valence electrons. The summed E-state index contributed by atoms with van der Waals surface area (Å²) >= 11 is 3.57. The first kappa shape index (κ1) is 22.0. The number of anilines is 1. The lowest BCUT2D eigenvalue weighted by Gasteiger charge is -2.37. The number of rotatable bonds is 5. The Kier molecular flexibility index (Phi) is 7.90. The number of hydrogen-bond acceptors (Lipinski definition) is 6. The molecule has 1 aliphatic rings. The second-order valence-corrected chi connectivity index (χ2v) is 8.68. The first-order valence-corrected chi connectivity index (χ1v) is 11.2. The van der Waals surface area contributed by atoms with Gasteiger partial charge in [0.2, 0.25) is 0 Å². The van der Waals surface area contributed by atoms with Crippen LogP contribution in [-0.4, -0.2) is 51.8 Å². The van der Waals surface area contributed by atoms with E-state index < -0.39 is 0 Å². The van der Waals surface area contributed by atoms with E-state index in [1.807, 2.05) is 18.5 Å². The van der Waals surface area contributed by atoms with E-state index in [4.69, 9.17) is 4.99 Å². The van der Waals surface area contributed by atoms with Gasteiger partial charge in [0.25, 0.3) is 0 Å². The summed E-state index contributed by atoms with van der Waals surface area (Å²) in [4.78, 5) is 11.0. The fourth-order valence-corrected chi connectivity index (χ4v) is 4.60. The Balaban J connectivity index is 0.00000240. The molecule has 1 N–H and O–H groups in total. The van der Waals surface area contributed by atoms with Gasteiger partial charge in [-0.05, 0) is 35.9 Å². The molecule has 4 rings (SSSR count). The fraction of sp³-hybridized carbons (Fsp3) is 0.421. The molecule has 10 heteroatoms. The molecule has 1 aliphatic heterocycles. The van der Waals surface area contributed by atoms with Crippen molar-refractivity contribution in [2.24, 2.45) is 12.0 Å². The Morgan fingerprint density at radius 1 is 1.10 bits per heavy atom. The average molecular weight is 544 g/mol. The summed E-state index contributed by atoms with van der Waals surface area (Å²) in [6.45, 7) is 7.18. The van der Waals surface area contributed by atoms with E-state index >= 15 is 0 Å². The van der Waals surface area contributed by atoms with Gasteiger partial charge in [-0.3, -0.25) is 0 Å². The highest BCUT2D eigenvalue weighted by Gasteiger charge is 2.21. The summed E-state index contributed by atoms with van der Waals surface area (Å²) in [6, 6.07) is 8.54. The monoisotopic (exact) mass is 543 g/mol. The standard InChI is InChI=1S/C19H25N7S2.HI/c1-15-22-23-17(24(15)2)14-21-19(20-13-16-5-3-11-27-16)26-9-7-25(8-10-26)18-6-4-12-28-18;/h3-6,11-12H,7-10,13-14H2,1-2H3,(H,20,21);1H. The number of halogens is 1. The van der Waals surface area contributed by atoms with Gasteiger partial charge in [0.05, 0.1) is 11.5 Å². The van der Waals surface area contributed by atoms with Gasteiger partial charge in [0.1, 0.15) is 12.4 Å². The molecule has 0 radical (unpaired) electrons. The zero-order valence-corrected chi connectivity index (χ0v) is 20.6. The molecule has 7 nitrogen and oxygen atoms in total. The predicted molar refractivity (Wildman–Crippen MR) is 132 cm³/mol. The Morgan fingerprint density at radius 3 is 2.48 bits per heavy atom. The number of aryl methyl sites for hydroxylation is 1. The molecule has 1 fully saturated rings. The topological polar surface area (TPSA) is 61.6 Å². The van der Waals surface area contributed by atoms with Crippen LogP contribution in [0.25, 0.3) is 0 Å². The first-order chi connectivity index (χ1) is 13.7. The quantitative estimate of drug-likeness (QED) is 0.304. The van der Waals surface area contributed by atoms with Crippen molar-refractivity contribution in [2.45, 2.75) is 20.0 Å². The van der Waals surface area contributed by atoms with Crippen molar-refractivity contribution in [2.75, 3.05) is 31.1 Å². The van der Waals surface area contributed by atoms with Crippen molar-refractivity contribution in [1.82, 2.24) is 25.0 Å². The summed E-state index contributed by atoms with van der Waals surface area (Å²) in [7, 11) is 1.98. The van der Waals surface area contributed by atoms with Gasteiger partial charge in [0, 0.05) is 38.1 Å². The largest absolute Gasteiger partial charge is 0.360 e. The van der Waals surface area contributed by atoms with Crippen LogP contribution in [0.5, 0.6) is 0 Å². The van der Waals surface area contributed by atoms with Crippen LogP contribution in [0.4, 0.5) is 5.00 Å². The minimum absolute atomic E-state index is 0. The van der Waals surface area contributed by atoms with E-state index in [1.165, 1.54) is 9.88 Å². The summed E-state index contributed by atoms with van der Waals surface area (Å²) < 4.78 is 2.00. The van der Waals surface area contributed by atoms with Crippen LogP contribution >= 0.6 is 46.7 Å². The lowest BCUT2D eigenvalue weighted by molar-refractivity contribution is 0.372. The SMILES string of the molecule is Cc1nnc(CN=C(NCc2cccs2)N2CCN(c3cccs3)CC2)n1C.I. The minimum atomic E-state index is 0. The summed E-state index contributed by atoms with van der Waals surface area (Å²) in [5.41, 5.74) is 0. The number of piperazine rings is 1. The van der Waals surface area contributed by atoms with E-state index in [0.29, 0.717) is 6.54 Å². The molecule has 3 aromatic rings. The third-order valence-electron chi connectivity index (χ3n) is 4.95. The van der Waals surface area contributed by atoms with Crippen LogP contribution in [0.3, 0.4) is 0 Å². The fourth-order valence-electron chi connectivity index (χ4n) is 3.17. The van der Waals surface area contributed by atoms with E-state index in [-0.39, 0.29) is 24.0 Å². The molecule has 0 aliphatic carbocycles. The minimum Gasteiger partial charge on any atom is -0.360 e. The zero-order valence-electron chi connectivity index (χ0n) is 16.6. The van der Waals surface area contributed by atoms with Crippen molar-refractivity contribution in [3.05, 3.63) is 51.6 Å². The number of hydrogen-bond donors (Lipinski definition) is 1. The van der Waals surface area contributed by atoms with Gasteiger partial charge >= 0.3 is 0 Å². The number of nitrogens with one attached hydrogen (secondary N) is 1. The predicted octanol–water partition coefficient (Wildman–Crippen LogP) is 3.33. The van der Waals surface area contributed by atoms with E-state index in [2.05, 4.69) is 60.3 Å². The number of thiophene rings is 2. The van der Waals surface area contributed by atoms with E-state index in [9.17, 15) is 0 Å². The Bertz CT molecular complexity index is 897. The maximum Gasteiger partial charge on any atom is 0.194 e. The Morgan fingerprint density at radius 2 is 1.86 bits per heavy atom. The highest BCUT2D eigenvalue weighted by atomic mass is 127. The Labute approximate surface area is 196 Å². The first-order valence-electron chi connectivity index (χ1n) is 9.39. The number of guanidine groups is 1. The van der Waals surface area contributed by atoms with Gasteiger partial charge in [-0.15, -0.1) is 56.8 Å². The molecule has 0 saturated carbocycles. The van der Waals surface area contributed by atoms with Crippen molar-refractivity contribution < 1.29 is 0 Å². The number of aliphatic imine (C=N–C) groups is 1. The molecule has 3 aromatic heterocycles. The van der Waals surface area contributed by atoms with Crippen LogP contribution in [0, 0.1) is 6.92 Å². The smallest absolute Gasteiger partial charge is 0.194 e. The molecular weight excluding hydrogens is 517 g/mol. The van der Waals surface area contributed by atoms with Crippen LogP contribution < -0.4 is 10.2 Å². The molecule has 0 spiro atoms. The maximum absolute atomic E-state index is 4.88. The van der Waals surface area contributed by atoms with Crippen LogP contribution in [0.2, 0.25) is 0 Å². The third kappa shape index (κ3) is 5.48. The lowest BCUT2D eigenvalue weighted by Crippen LogP contribution is -2.52. The zero-order chi connectivity index (χ0) is 19.3. The summed E-state index contributed by atoms with van der Waals surface area (Å²) in [6.07, 6.45) is 0. The van der Waals surface area contributed by atoms with Gasteiger partial charge in [-0.25, -0.2) is 4.99 Å². The molecule has 1 saturated heterocycles. The maximum atomic E-state index is 4.88. The molecule has 4 heterocycles. The van der Waals surface area contributed by atoms with Crippen LogP contribution in [-0.2, 0) is 20.1 Å². The molecule has 29 heavy (non-hydrogen) atoms. The molecule has 0 unspecified atom stereocenters. The second-order valence-electron chi connectivity index (χ2n) is 6.72. The third-order valence-corrected chi connectivity index (χ3v) is 6.76. The Hall–Kier alpha value is -1.66. The van der Waals surface area contributed by atoms with Gasteiger partial charge < -0.3 is 19.7 Å². The van der Waals surface area contributed by atoms with E-state index in [0.717, 1.165) is 50.3 Å². The van der Waals surface area contributed by atoms with Gasteiger partial charge in [-0.1, -0.05) is 6.07 Å². The average Bonchev–Trinajstić information content (AvgIpc) is 3.48. The van der Waals surface area contributed by atoms with Gasteiger partial charge in [0.15, 0.2) is 11.8 Å². The van der Waals surface area contributed by atoms with Crippen molar-refractivity contribution >= 4 is 57.6 Å². The van der Waals surface area contributed by atoms with Gasteiger partial charge in [-0.2, -0.15) is 0 Å². The summed E-state index contributed by atoms with van der Waals surface area (Å²) in [5.74, 6) is 2.73. The number of nitrogens with zero attached hydrogens (tertiary/aromatic N) is 6. The molecule has 0 aromatic carbocycles. The van der Waals surface area contributed by atoms with Crippen LogP contribution in [0.1, 0.15) is 16.5 Å². The van der Waals surface area contributed by atoms with E-state index in [1.54, 1.807) is 22.7 Å². The lowest BCUT2D eigenvalue weighted by atomic mass is 10.3. The van der Waals surface area contributed by atoms with Crippen molar-refractivity contribution in [1.29, 1.82) is 0 Å². The molecule has 0 atom stereocenters. The second kappa shape index (κ2) is 10.4. The highest BCUT2D eigenvalue weighted by molar-refractivity contribution is 14.0. The summed E-state index contributed by atoms with van der Waals surface area (Å²) in [5, 5.41) is 17.5. The highest BCUT2D eigenvalue weighted by Crippen LogP contribution is 2.22.